The normalized spacial score (nSPS) is 11.5. The van der Waals surface area contributed by atoms with Crippen LogP contribution in [0.5, 0.6) is 11.8 Å². The molecule has 0 radical (unpaired) electrons. The summed E-state index contributed by atoms with van der Waals surface area (Å²) in [5, 5.41) is 18.9. The standard InChI is InChI=1S/C25H43NO6/c1-25(2,3)31-23(29)17-15-13-11-9-7-5-4-6-8-10-12-14-16-18-24(30)32-26-21(27)19-20-22(26)28/h19-20,27-28H,4-18H2,1-3H3. The van der Waals surface area contributed by atoms with Crippen molar-refractivity contribution in [1.29, 1.82) is 0 Å². The number of rotatable bonds is 17. The molecule has 0 aliphatic rings. The third-order valence-corrected chi connectivity index (χ3v) is 5.17. The van der Waals surface area contributed by atoms with Crippen molar-refractivity contribution in [1.82, 2.24) is 4.73 Å². The van der Waals surface area contributed by atoms with Crippen LogP contribution in [0.15, 0.2) is 12.1 Å². The van der Waals surface area contributed by atoms with Gasteiger partial charge in [0.2, 0.25) is 11.8 Å². The Morgan fingerprint density at radius 3 is 1.41 bits per heavy atom. The summed E-state index contributed by atoms with van der Waals surface area (Å²) in [6.07, 6.45) is 15.5. The van der Waals surface area contributed by atoms with E-state index >= 15 is 0 Å². The molecule has 0 amide bonds. The quantitative estimate of drug-likeness (QED) is 0.220. The van der Waals surface area contributed by atoms with Crippen molar-refractivity contribution in [3.05, 3.63) is 12.1 Å². The van der Waals surface area contributed by atoms with Gasteiger partial charge in [0.15, 0.2) is 0 Å². The Hall–Kier alpha value is -2.18. The van der Waals surface area contributed by atoms with Gasteiger partial charge in [-0.2, -0.15) is 0 Å². The van der Waals surface area contributed by atoms with Crippen LogP contribution in [0.1, 0.15) is 117 Å². The number of aromatic nitrogens is 1. The summed E-state index contributed by atoms with van der Waals surface area (Å²) in [6.45, 7) is 5.70. The van der Waals surface area contributed by atoms with Gasteiger partial charge in [0.05, 0.1) is 0 Å². The SMILES string of the molecule is CC(C)(C)OC(=O)CCCCCCCCCCCCCCCC(=O)On1c(O)ccc1O. The average Bonchev–Trinajstić information content (AvgIpc) is 3.01. The van der Waals surface area contributed by atoms with Gasteiger partial charge in [-0.3, -0.25) is 4.79 Å². The van der Waals surface area contributed by atoms with Crippen LogP contribution in [0.2, 0.25) is 0 Å². The molecule has 7 heteroatoms. The second-order valence-electron chi connectivity index (χ2n) is 9.49. The van der Waals surface area contributed by atoms with Crippen LogP contribution in [0.3, 0.4) is 0 Å². The fraction of sp³-hybridized carbons (Fsp3) is 0.760. The van der Waals surface area contributed by atoms with Gasteiger partial charge in [-0.15, -0.1) is 4.73 Å². The molecule has 0 fully saturated rings. The maximum absolute atomic E-state index is 11.7. The fourth-order valence-electron chi connectivity index (χ4n) is 3.52. The van der Waals surface area contributed by atoms with Crippen LogP contribution in [-0.2, 0) is 14.3 Å². The molecular formula is C25H43NO6. The number of carbonyl (C=O) groups is 2. The van der Waals surface area contributed by atoms with E-state index in [9.17, 15) is 19.8 Å². The average molecular weight is 454 g/mol. The molecule has 32 heavy (non-hydrogen) atoms. The minimum absolute atomic E-state index is 0.0880. The Labute approximate surface area is 193 Å². The Balaban J connectivity index is 1.83. The van der Waals surface area contributed by atoms with Gasteiger partial charge < -0.3 is 19.8 Å². The first-order valence-electron chi connectivity index (χ1n) is 12.2. The van der Waals surface area contributed by atoms with Crippen molar-refractivity contribution in [3.63, 3.8) is 0 Å². The molecule has 1 heterocycles. The molecule has 1 aromatic heterocycles. The number of hydrogen-bond donors (Lipinski definition) is 2. The molecule has 1 aromatic rings. The Kier molecular flexibility index (Phi) is 13.6. The van der Waals surface area contributed by atoms with Crippen LogP contribution in [0, 0.1) is 0 Å². The van der Waals surface area contributed by atoms with Gasteiger partial charge in [-0.05, 0) is 33.6 Å². The molecule has 0 atom stereocenters. The zero-order valence-corrected chi connectivity index (χ0v) is 20.2. The molecule has 0 saturated carbocycles. The lowest BCUT2D eigenvalue weighted by Gasteiger charge is -2.19. The first kappa shape index (κ1) is 27.9. The molecule has 0 saturated heterocycles. The molecule has 1 rings (SSSR count). The number of aromatic hydroxyl groups is 2. The van der Waals surface area contributed by atoms with Crippen molar-refractivity contribution in [2.45, 2.75) is 123 Å². The summed E-state index contributed by atoms with van der Waals surface area (Å²) in [5.74, 6) is -1.14. The number of hydrogen-bond acceptors (Lipinski definition) is 6. The second-order valence-corrected chi connectivity index (χ2v) is 9.49. The van der Waals surface area contributed by atoms with Crippen LogP contribution in [-0.4, -0.2) is 32.5 Å². The number of nitrogens with zero attached hydrogens (tertiary/aromatic N) is 1. The van der Waals surface area contributed by atoms with E-state index in [1.807, 2.05) is 20.8 Å². The van der Waals surface area contributed by atoms with Crippen LogP contribution in [0.25, 0.3) is 0 Å². The molecule has 0 bridgehead atoms. The molecule has 0 aliphatic heterocycles. The first-order valence-corrected chi connectivity index (χ1v) is 12.2. The highest BCUT2D eigenvalue weighted by atomic mass is 16.7. The molecule has 0 unspecified atom stereocenters. The predicted molar refractivity (Wildman–Crippen MR) is 124 cm³/mol. The summed E-state index contributed by atoms with van der Waals surface area (Å²) in [5.41, 5.74) is -0.383. The van der Waals surface area contributed by atoms with E-state index in [0.717, 1.165) is 36.8 Å². The molecule has 2 N–H and O–H groups in total. The number of carbonyl (C=O) groups excluding carboxylic acids is 2. The number of ether oxygens (including phenoxy) is 1. The molecular weight excluding hydrogens is 410 g/mol. The summed E-state index contributed by atoms with van der Waals surface area (Å²) in [4.78, 5) is 28.3. The monoisotopic (exact) mass is 453 g/mol. The van der Waals surface area contributed by atoms with Crippen molar-refractivity contribution in [2.24, 2.45) is 0 Å². The highest BCUT2D eigenvalue weighted by Gasteiger charge is 2.15. The van der Waals surface area contributed by atoms with E-state index < -0.39 is 5.97 Å². The lowest BCUT2D eigenvalue weighted by molar-refractivity contribution is -0.155. The molecule has 7 nitrogen and oxygen atoms in total. The summed E-state index contributed by atoms with van der Waals surface area (Å²) in [6, 6.07) is 2.52. The molecule has 0 aromatic carbocycles. The van der Waals surface area contributed by atoms with E-state index in [-0.39, 0.29) is 29.8 Å². The lowest BCUT2D eigenvalue weighted by Crippen LogP contribution is -2.23. The fourth-order valence-corrected chi connectivity index (χ4v) is 3.52. The van der Waals surface area contributed by atoms with E-state index in [4.69, 9.17) is 9.57 Å². The minimum atomic E-state index is -0.461. The third kappa shape index (κ3) is 14.0. The van der Waals surface area contributed by atoms with Crippen molar-refractivity contribution in [3.8, 4) is 11.8 Å². The van der Waals surface area contributed by atoms with Crippen LogP contribution < -0.4 is 4.84 Å². The zero-order valence-electron chi connectivity index (χ0n) is 20.2. The van der Waals surface area contributed by atoms with Gasteiger partial charge in [0.1, 0.15) is 5.60 Å². The maximum Gasteiger partial charge on any atom is 0.333 e. The molecule has 0 spiro atoms. The van der Waals surface area contributed by atoms with Gasteiger partial charge in [-0.25, -0.2) is 4.79 Å². The topological polar surface area (TPSA) is 98.0 Å². The number of esters is 1. The summed E-state index contributed by atoms with van der Waals surface area (Å²) < 4.78 is 6.04. The van der Waals surface area contributed by atoms with Crippen molar-refractivity contribution >= 4 is 11.9 Å². The first-order chi connectivity index (χ1) is 15.2. The van der Waals surface area contributed by atoms with Crippen molar-refractivity contribution < 1.29 is 29.4 Å². The Bertz CT molecular complexity index is 642. The van der Waals surface area contributed by atoms with Gasteiger partial charge in [0, 0.05) is 25.0 Å². The van der Waals surface area contributed by atoms with E-state index in [2.05, 4.69) is 0 Å². The smallest absolute Gasteiger partial charge is 0.333 e. The highest BCUT2D eigenvalue weighted by molar-refractivity contribution is 5.70. The maximum atomic E-state index is 11.7. The van der Waals surface area contributed by atoms with E-state index in [1.54, 1.807) is 0 Å². The molecule has 0 aliphatic carbocycles. The highest BCUT2D eigenvalue weighted by Crippen LogP contribution is 2.19. The van der Waals surface area contributed by atoms with E-state index in [1.165, 1.54) is 63.5 Å². The van der Waals surface area contributed by atoms with Crippen LogP contribution >= 0.6 is 0 Å². The zero-order chi connectivity index (χ0) is 23.8. The van der Waals surface area contributed by atoms with Crippen molar-refractivity contribution in [2.75, 3.05) is 0 Å². The Morgan fingerprint density at radius 1 is 0.688 bits per heavy atom. The minimum Gasteiger partial charge on any atom is -0.492 e. The predicted octanol–water partition coefficient (Wildman–Crippen LogP) is 6.05. The van der Waals surface area contributed by atoms with E-state index in [0.29, 0.717) is 6.42 Å². The molecule has 184 valence electrons. The number of unbranched alkanes of at least 4 members (excludes halogenated alkanes) is 12. The largest absolute Gasteiger partial charge is 0.492 e. The summed E-state index contributed by atoms with van der Waals surface area (Å²) >= 11 is 0. The van der Waals surface area contributed by atoms with Crippen LogP contribution in [0.4, 0.5) is 0 Å². The third-order valence-electron chi connectivity index (χ3n) is 5.17. The van der Waals surface area contributed by atoms with Gasteiger partial charge in [0.25, 0.3) is 0 Å². The Morgan fingerprint density at radius 2 is 1.03 bits per heavy atom. The second kappa shape index (κ2) is 15.6. The lowest BCUT2D eigenvalue weighted by atomic mass is 10.0. The summed E-state index contributed by atoms with van der Waals surface area (Å²) in [7, 11) is 0. The van der Waals surface area contributed by atoms with Gasteiger partial charge in [-0.1, -0.05) is 70.6 Å². The van der Waals surface area contributed by atoms with Gasteiger partial charge >= 0.3 is 11.9 Å².